The van der Waals surface area contributed by atoms with Crippen LogP contribution in [0.5, 0.6) is 11.5 Å². The maximum absolute atomic E-state index is 13.9. The van der Waals surface area contributed by atoms with Crippen LogP contribution >= 0.6 is 0 Å². The second-order valence-corrected chi connectivity index (χ2v) is 11.1. The van der Waals surface area contributed by atoms with Crippen LogP contribution in [0.1, 0.15) is 54.2 Å². The van der Waals surface area contributed by atoms with Gasteiger partial charge in [0.25, 0.3) is 11.2 Å². The van der Waals surface area contributed by atoms with E-state index in [4.69, 9.17) is 11.3 Å². The summed E-state index contributed by atoms with van der Waals surface area (Å²) < 4.78 is 49.1. The Hall–Kier alpha value is -4.31. The molecule has 0 atom stereocenters. The van der Waals surface area contributed by atoms with Gasteiger partial charge in [-0.1, -0.05) is 56.7 Å². The lowest BCUT2D eigenvalue weighted by molar-refractivity contribution is -0.136. The van der Waals surface area contributed by atoms with Crippen LogP contribution in [0.4, 0.5) is 18.9 Å². The molecule has 0 fully saturated rings. The van der Waals surface area contributed by atoms with Gasteiger partial charge in [-0.2, -0.15) is 13.2 Å². The minimum absolute atomic E-state index is 0.00406. The Kier molecular flexibility index (Phi) is 7.67. The van der Waals surface area contributed by atoms with Crippen LogP contribution in [0.15, 0.2) is 71.5 Å². The van der Waals surface area contributed by atoms with Crippen molar-refractivity contribution < 1.29 is 17.9 Å². The fraction of sp³-hybridized carbons (Fsp3) is 0.273. The molecule has 0 aliphatic heterocycles. The lowest BCUT2D eigenvalue weighted by Crippen LogP contribution is -2.25. The summed E-state index contributed by atoms with van der Waals surface area (Å²) >= 11 is 0. The molecular formula is C33H31F3N2O2. The van der Waals surface area contributed by atoms with Crippen LogP contribution in [0.3, 0.4) is 0 Å². The van der Waals surface area contributed by atoms with Crippen LogP contribution in [0.2, 0.25) is 0 Å². The number of hydrogen-bond acceptors (Lipinski definition) is 2. The van der Waals surface area contributed by atoms with Gasteiger partial charge in [0, 0.05) is 5.69 Å². The van der Waals surface area contributed by atoms with E-state index in [1.54, 1.807) is 24.3 Å². The van der Waals surface area contributed by atoms with Gasteiger partial charge in [-0.25, -0.2) is 4.85 Å². The third-order valence-electron chi connectivity index (χ3n) is 6.94. The fourth-order valence-corrected chi connectivity index (χ4v) is 4.60. The molecule has 7 heteroatoms. The average molecular weight is 545 g/mol. The summed E-state index contributed by atoms with van der Waals surface area (Å²) in [6.45, 7) is 19.5. The number of alkyl halides is 3. The molecule has 4 nitrogen and oxygen atoms in total. The van der Waals surface area contributed by atoms with E-state index in [1.165, 1.54) is 10.1 Å². The van der Waals surface area contributed by atoms with Gasteiger partial charge < -0.3 is 9.30 Å². The third-order valence-corrected chi connectivity index (χ3v) is 6.94. The minimum Gasteiger partial charge on any atom is -0.457 e. The molecule has 0 saturated carbocycles. The van der Waals surface area contributed by atoms with Crippen LogP contribution in [-0.2, 0) is 18.1 Å². The van der Waals surface area contributed by atoms with Crippen LogP contribution in [-0.4, -0.2) is 4.57 Å². The van der Waals surface area contributed by atoms with Crippen LogP contribution in [0.25, 0.3) is 16.1 Å². The SMILES string of the molecule is [C-]#[N+]c1c(C(F)(F)F)cc(-c2ccc(Oc3ccc(C(C)(C)C)cc3C)cc2)n(Cc2ccc(C)cc2C)c1=O. The topological polar surface area (TPSA) is 35.6 Å². The smallest absolute Gasteiger partial charge is 0.407 e. The molecule has 3 aromatic carbocycles. The molecule has 1 heterocycles. The Morgan fingerprint density at radius 2 is 1.55 bits per heavy atom. The molecule has 0 aliphatic carbocycles. The van der Waals surface area contributed by atoms with E-state index in [9.17, 15) is 18.0 Å². The van der Waals surface area contributed by atoms with E-state index >= 15 is 0 Å². The van der Waals surface area contributed by atoms with E-state index in [1.807, 2.05) is 51.1 Å². The molecule has 4 aromatic rings. The van der Waals surface area contributed by atoms with Crippen molar-refractivity contribution in [2.45, 2.75) is 59.7 Å². The molecule has 40 heavy (non-hydrogen) atoms. The number of nitrogens with zero attached hydrogens (tertiary/aromatic N) is 2. The van der Waals surface area contributed by atoms with Crippen molar-refractivity contribution in [1.29, 1.82) is 0 Å². The number of rotatable bonds is 5. The first-order chi connectivity index (χ1) is 18.7. The first-order valence-electron chi connectivity index (χ1n) is 12.9. The van der Waals surface area contributed by atoms with E-state index in [2.05, 4.69) is 31.7 Å². The second kappa shape index (κ2) is 10.7. The largest absolute Gasteiger partial charge is 0.457 e. The first-order valence-corrected chi connectivity index (χ1v) is 12.9. The molecule has 0 aliphatic rings. The molecule has 206 valence electrons. The van der Waals surface area contributed by atoms with E-state index in [-0.39, 0.29) is 17.7 Å². The zero-order valence-corrected chi connectivity index (χ0v) is 23.4. The van der Waals surface area contributed by atoms with E-state index in [0.717, 1.165) is 28.3 Å². The maximum atomic E-state index is 13.9. The van der Waals surface area contributed by atoms with Gasteiger partial charge >= 0.3 is 6.18 Å². The number of halogens is 3. The molecule has 0 spiro atoms. The second-order valence-electron chi connectivity index (χ2n) is 11.1. The Morgan fingerprint density at radius 3 is 2.10 bits per heavy atom. The monoisotopic (exact) mass is 544 g/mol. The molecule has 0 saturated heterocycles. The van der Waals surface area contributed by atoms with Gasteiger partial charge in [0.2, 0.25) is 0 Å². The van der Waals surface area contributed by atoms with Gasteiger partial charge in [0.15, 0.2) is 0 Å². The molecule has 0 bridgehead atoms. The Labute approximate surface area is 232 Å². The zero-order chi connectivity index (χ0) is 29.4. The highest BCUT2D eigenvalue weighted by molar-refractivity contribution is 5.67. The Balaban J connectivity index is 1.78. The van der Waals surface area contributed by atoms with Crippen molar-refractivity contribution in [2.75, 3.05) is 0 Å². The van der Waals surface area contributed by atoms with Crippen molar-refractivity contribution in [3.63, 3.8) is 0 Å². The molecule has 0 N–H and O–H groups in total. The summed E-state index contributed by atoms with van der Waals surface area (Å²) in [4.78, 5) is 16.3. The molecule has 0 unspecified atom stereocenters. The molecular weight excluding hydrogens is 513 g/mol. The zero-order valence-electron chi connectivity index (χ0n) is 23.4. The maximum Gasteiger partial charge on any atom is 0.407 e. The average Bonchev–Trinajstić information content (AvgIpc) is 2.87. The standard InChI is InChI=1S/C33H31F3N2O2/c1-20-8-9-24(21(2)16-20)19-38-28(18-27(33(34,35)36)30(37-7)31(38)39)23-10-13-26(14-11-23)40-29-15-12-25(17-22(29)3)32(4,5)6/h8-18H,19H2,1-6H3. The number of pyridine rings is 1. The predicted molar refractivity (Wildman–Crippen MR) is 152 cm³/mol. The van der Waals surface area contributed by atoms with Crippen LogP contribution < -0.4 is 10.3 Å². The Bertz CT molecular complexity index is 1670. The van der Waals surface area contributed by atoms with Crippen molar-refractivity contribution in [1.82, 2.24) is 4.57 Å². The number of aromatic nitrogens is 1. The molecule has 1 aromatic heterocycles. The van der Waals surface area contributed by atoms with Gasteiger partial charge in [-0.3, -0.25) is 4.79 Å². The number of ether oxygens (including phenoxy) is 1. The van der Waals surface area contributed by atoms with Gasteiger partial charge in [0.1, 0.15) is 11.5 Å². The summed E-state index contributed by atoms with van der Waals surface area (Å²) in [5.41, 5.74) is 2.16. The number of aryl methyl sites for hydroxylation is 3. The molecule has 0 radical (unpaired) electrons. The molecule has 0 amide bonds. The Morgan fingerprint density at radius 1 is 0.875 bits per heavy atom. The number of hydrogen-bond donors (Lipinski definition) is 0. The van der Waals surface area contributed by atoms with Gasteiger partial charge in [-0.05, 0) is 90.4 Å². The summed E-state index contributed by atoms with van der Waals surface area (Å²) in [6.07, 6.45) is -4.85. The number of benzene rings is 3. The lowest BCUT2D eigenvalue weighted by Gasteiger charge is -2.21. The predicted octanol–water partition coefficient (Wildman–Crippen LogP) is 9.15. The normalized spacial score (nSPS) is 11.8. The van der Waals surface area contributed by atoms with Crippen LogP contribution in [0, 0.1) is 27.3 Å². The van der Waals surface area contributed by atoms with Gasteiger partial charge in [-0.15, -0.1) is 0 Å². The lowest BCUT2D eigenvalue weighted by atomic mass is 9.86. The summed E-state index contributed by atoms with van der Waals surface area (Å²) in [5.74, 6) is 1.18. The van der Waals surface area contributed by atoms with E-state index in [0.29, 0.717) is 17.1 Å². The summed E-state index contributed by atoms with van der Waals surface area (Å²) in [6, 6.07) is 19.1. The minimum atomic E-state index is -4.85. The summed E-state index contributed by atoms with van der Waals surface area (Å²) in [7, 11) is 0. The van der Waals surface area contributed by atoms with Gasteiger partial charge in [0.05, 0.1) is 18.7 Å². The van der Waals surface area contributed by atoms with Crippen molar-refractivity contribution in [3.05, 3.63) is 122 Å². The van der Waals surface area contributed by atoms with E-state index < -0.39 is 23.0 Å². The highest BCUT2D eigenvalue weighted by Crippen LogP contribution is 2.38. The van der Waals surface area contributed by atoms with Crippen molar-refractivity contribution in [3.8, 4) is 22.8 Å². The first kappa shape index (κ1) is 28.7. The highest BCUT2D eigenvalue weighted by Gasteiger charge is 2.36. The molecule has 4 rings (SSSR count). The fourth-order valence-electron chi connectivity index (χ4n) is 4.60. The summed E-state index contributed by atoms with van der Waals surface area (Å²) in [5, 5.41) is 0. The van der Waals surface area contributed by atoms with Crippen molar-refractivity contribution in [2.24, 2.45) is 0 Å². The third kappa shape index (κ3) is 5.96. The highest BCUT2D eigenvalue weighted by atomic mass is 19.4. The quantitative estimate of drug-likeness (QED) is 0.235. The van der Waals surface area contributed by atoms with Crippen molar-refractivity contribution >= 4 is 5.69 Å².